The number of nitro groups is 1. The van der Waals surface area contributed by atoms with E-state index in [1.54, 1.807) is 30.3 Å². The van der Waals surface area contributed by atoms with E-state index in [4.69, 9.17) is 4.74 Å². The lowest BCUT2D eigenvalue weighted by Gasteiger charge is -2.09. The first-order chi connectivity index (χ1) is 13.9. The first-order valence-corrected chi connectivity index (χ1v) is 9.58. The van der Waals surface area contributed by atoms with Gasteiger partial charge in [0.2, 0.25) is 0 Å². The minimum Gasteiger partial charge on any atom is -0.488 e. The van der Waals surface area contributed by atoms with Gasteiger partial charge >= 0.3 is 6.03 Å². The summed E-state index contributed by atoms with van der Waals surface area (Å²) >= 11 is 2.10. The van der Waals surface area contributed by atoms with Crippen molar-refractivity contribution in [3.8, 4) is 5.75 Å². The van der Waals surface area contributed by atoms with Crippen LogP contribution < -0.4 is 10.1 Å². The molecule has 9 heteroatoms. The molecule has 2 aromatic carbocycles. The molecule has 0 bridgehead atoms. The third-order valence-corrected chi connectivity index (χ3v) is 4.90. The number of nitro benzene ring substituents is 1. The van der Waals surface area contributed by atoms with E-state index in [0.717, 1.165) is 14.0 Å². The van der Waals surface area contributed by atoms with Crippen molar-refractivity contribution in [1.29, 1.82) is 0 Å². The second kappa shape index (κ2) is 8.86. The largest absolute Gasteiger partial charge is 0.488 e. The molecule has 1 aliphatic heterocycles. The van der Waals surface area contributed by atoms with Crippen molar-refractivity contribution in [3.63, 3.8) is 0 Å². The summed E-state index contributed by atoms with van der Waals surface area (Å²) in [6.07, 6.45) is 3.08. The van der Waals surface area contributed by atoms with E-state index in [1.807, 2.05) is 6.07 Å². The molecule has 29 heavy (non-hydrogen) atoms. The van der Waals surface area contributed by atoms with Gasteiger partial charge in [0, 0.05) is 18.7 Å². The number of nitrogens with zero attached hydrogens (tertiary/aromatic N) is 2. The summed E-state index contributed by atoms with van der Waals surface area (Å²) in [5.41, 5.74) is 1.61. The zero-order valence-electron chi connectivity index (χ0n) is 15.1. The van der Waals surface area contributed by atoms with Crippen molar-refractivity contribution in [2.75, 3.05) is 6.54 Å². The van der Waals surface area contributed by atoms with Crippen molar-refractivity contribution < 1.29 is 19.2 Å². The number of non-ortho nitro benzene ring substituents is 1. The van der Waals surface area contributed by atoms with Crippen LogP contribution in [0.15, 0.2) is 60.8 Å². The summed E-state index contributed by atoms with van der Waals surface area (Å²) < 4.78 is 6.56. The summed E-state index contributed by atoms with van der Waals surface area (Å²) in [6.45, 7) is 3.86. The van der Waals surface area contributed by atoms with Crippen molar-refractivity contribution in [2.24, 2.45) is 0 Å². The number of carbonyl (C=O) groups is 2. The number of benzene rings is 2. The Morgan fingerprint density at radius 2 is 2.03 bits per heavy atom. The van der Waals surface area contributed by atoms with E-state index in [1.165, 1.54) is 18.2 Å². The normalized spacial score (nSPS) is 14.8. The van der Waals surface area contributed by atoms with E-state index >= 15 is 0 Å². The predicted octanol–water partition coefficient (Wildman–Crippen LogP) is 3.86. The molecular formula is C20H16IN3O5. The Labute approximate surface area is 180 Å². The van der Waals surface area contributed by atoms with Crippen LogP contribution in [0, 0.1) is 13.7 Å². The molecule has 1 heterocycles. The molecule has 1 saturated heterocycles. The Morgan fingerprint density at radius 3 is 2.72 bits per heavy atom. The van der Waals surface area contributed by atoms with Crippen LogP contribution in [0.5, 0.6) is 5.75 Å². The molecule has 8 nitrogen and oxygen atoms in total. The molecule has 0 saturated carbocycles. The Hall–Kier alpha value is -3.21. The van der Waals surface area contributed by atoms with Crippen LogP contribution in [-0.2, 0) is 11.4 Å². The van der Waals surface area contributed by atoms with Gasteiger partial charge in [-0.1, -0.05) is 24.3 Å². The van der Waals surface area contributed by atoms with Gasteiger partial charge < -0.3 is 10.1 Å². The Morgan fingerprint density at radius 1 is 1.24 bits per heavy atom. The Balaban J connectivity index is 1.71. The number of rotatable bonds is 7. The SMILES string of the molecule is C=CCN1C(=O)N/C(=C/c2ccc(OCc3cccc([N+](=O)[O-])c3)c(I)c2)C1=O. The average Bonchev–Trinajstić information content (AvgIpc) is 2.95. The van der Waals surface area contributed by atoms with Crippen LogP contribution in [0.4, 0.5) is 10.5 Å². The summed E-state index contributed by atoms with van der Waals surface area (Å²) in [6, 6.07) is 11.1. The van der Waals surface area contributed by atoms with Crippen molar-refractivity contribution >= 4 is 46.3 Å². The summed E-state index contributed by atoms with van der Waals surface area (Å²) in [4.78, 5) is 35.6. The summed E-state index contributed by atoms with van der Waals surface area (Å²) in [5.74, 6) is 0.199. The van der Waals surface area contributed by atoms with Crippen LogP contribution in [-0.4, -0.2) is 28.3 Å². The number of amides is 3. The van der Waals surface area contributed by atoms with Gasteiger partial charge in [0.1, 0.15) is 18.1 Å². The minimum absolute atomic E-state index is 0.0107. The topological polar surface area (TPSA) is 102 Å². The second-order valence-electron chi connectivity index (χ2n) is 6.10. The van der Waals surface area contributed by atoms with Crippen molar-refractivity contribution in [3.05, 3.63) is 85.6 Å². The molecule has 1 N–H and O–H groups in total. The lowest BCUT2D eigenvalue weighted by atomic mass is 10.2. The number of imide groups is 1. The average molecular weight is 505 g/mol. The maximum Gasteiger partial charge on any atom is 0.329 e. The second-order valence-corrected chi connectivity index (χ2v) is 7.26. The quantitative estimate of drug-likeness (QED) is 0.154. The lowest BCUT2D eigenvalue weighted by molar-refractivity contribution is -0.384. The van der Waals surface area contributed by atoms with Crippen molar-refractivity contribution in [2.45, 2.75) is 6.61 Å². The number of carbonyl (C=O) groups excluding carboxylic acids is 2. The van der Waals surface area contributed by atoms with E-state index in [0.29, 0.717) is 11.3 Å². The zero-order chi connectivity index (χ0) is 21.0. The molecule has 1 fully saturated rings. The fourth-order valence-corrected chi connectivity index (χ4v) is 3.37. The van der Waals surface area contributed by atoms with Crippen LogP contribution in [0.1, 0.15) is 11.1 Å². The maximum absolute atomic E-state index is 12.2. The first-order valence-electron chi connectivity index (χ1n) is 8.50. The zero-order valence-corrected chi connectivity index (χ0v) is 17.3. The lowest BCUT2D eigenvalue weighted by Crippen LogP contribution is -2.30. The fraction of sp³-hybridized carbons (Fsp3) is 0.100. The van der Waals surface area contributed by atoms with E-state index in [9.17, 15) is 19.7 Å². The summed E-state index contributed by atoms with van der Waals surface area (Å²) in [7, 11) is 0. The predicted molar refractivity (Wildman–Crippen MR) is 115 cm³/mol. The van der Waals surface area contributed by atoms with E-state index < -0.39 is 16.9 Å². The molecule has 148 valence electrons. The fourth-order valence-electron chi connectivity index (χ4n) is 2.68. The minimum atomic E-state index is -0.479. The number of hydrogen-bond donors (Lipinski definition) is 1. The maximum atomic E-state index is 12.2. The molecule has 0 aromatic heterocycles. The smallest absolute Gasteiger partial charge is 0.329 e. The molecule has 0 radical (unpaired) electrons. The molecule has 1 aliphatic rings. The van der Waals surface area contributed by atoms with Crippen LogP contribution in [0.2, 0.25) is 0 Å². The number of nitrogens with one attached hydrogen (secondary N) is 1. The highest BCUT2D eigenvalue weighted by molar-refractivity contribution is 14.1. The number of urea groups is 1. The number of ether oxygens (including phenoxy) is 1. The molecule has 0 spiro atoms. The standard InChI is InChI=1S/C20H16IN3O5/c1-2-8-23-19(25)17(22-20(23)26)11-13-6-7-18(16(21)10-13)29-12-14-4-3-5-15(9-14)24(27)28/h2-7,9-11H,1,8,12H2,(H,22,26)/b17-11+. The van der Waals surface area contributed by atoms with Crippen molar-refractivity contribution in [1.82, 2.24) is 10.2 Å². The highest BCUT2D eigenvalue weighted by Crippen LogP contribution is 2.25. The third kappa shape index (κ3) is 4.80. The highest BCUT2D eigenvalue weighted by atomic mass is 127. The highest BCUT2D eigenvalue weighted by Gasteiger charge is 2.32. The first kappa shape index (κ1) is 20.5. The molecule has 0 unspecified atom stereocenters. The molecule has 2 aromatic rings. The summed E-state index contributed by atoms with van der Waals surface area (Å²) in [5, 5.41) is 13.4. The van der Waals surface area contributed by atoms with Gasteiger partial charge in [-0.05, 0) is 51.9 Å². The Kier molecular flexibility index (Phi) is 6.27. The van der Waals surface area contributed by atoms with Crippen LogP contribution >= 0.6 is 22.6 Å². The molecule has 3 amide bonds. The molecule has 0 atom stereocenters. The number of halogens is 1. The van der Waals surface area contributed by atoms with Gasteiger partial charge in [-0.2, -0.15) is 0 Å². The molecule has 3 rings (SSSR count). The van der Waals surface area contributed by atoms with Gasteiger partial charge in [0.15, 0.2) is 0 Å². The van der Waals surface area contributed by atoms with E-state index in [-0.39, 0.29) is 24.5 Å². The third-order valence-electron chi connectivity index (χ3n) is 4.06. The van der Waals surface area contributed by atoms with Gasteiger partial charge in [-0.15, -0.1) is 6.58 Å². The monoisotopic (exact) mass is 505 g/mol. The van der Waals surface area contributed by atoms with Gasteiger partial charge in [0.05, 0.1) is 8.49 Å². The van der Waals surface area contributed by atoms with E-state index in [2.05, 4.69) is 34.5 Å². The van der Waals surface area contributed by atoms with Crippen LogP contribution in [0.3, 0.4) is 0 Å². The van der Waals surface area contributed by atoms with Crippen LogP contribution in [0.25, 0.3) is 6.08 Å². The molecule has 0 aliphatic carbocycles. The molecular weight excluding hydrogens is 489 g/mol. The van der Waals surface area contributed by atoms with Gasteiger partial charge in [0.25, 0.3) is 11.6 Å². The van der Waals surface area contributed by atoms with Gasteiger partial charge in [-0.25, -0.2) is 4.79 Å². The number of hydrogen-bond acceptors (Lipinski definition) is 5. The van der Waals surface area contributed by atoms with Gasteiger partial charge in [-0.3, -0.25) is 19.8 Å². The Bertz CT molecular complexity index is 1030.